The monoisotopic (exact) mass is 437 g/mol. The van der Waals surface area contributed by atoms with Crippen LogP contribution in [0.1, 0.15) is 43.4 Å². The molecule has 1 saturated carbocycles. The molecule has 1 aliphatic heterocycles. The fraction of sp³-hybridized carbons (Fsp3) is 0.333. The molecule has 1 amide bonds. The van der Waals surface area contributed by atoms with Gasteiger partial charge in [-0.3, -0.25) is 9.69 Å². The van der Waals surface area contributed by atoms with Crippen molar-refractivity contribution in [3.8, 4) is 11.3 Å². The number of carbonyl (C=O) groups is 1. The molecule has 1 aliphatic carbocycles. The smallest absolute Gasteiger partial charge is 0.417 e. The van der Waals surface area contributed by atoms with Gasteiger partial charge in [-0.05, 0) is 31.0 Å². The number of carbonyl (C=O) groups excluding carboxylic acids is 1. The summed E-state index contributed by atoms with van der Waals surface area (Å²) >= 11 is 6.61. The molecule has 0 N–H and O–H groups in total. The second kappa shape index (κ2) is 7.99. The number of hydrogen-bond acceptors (Lipinski definition) is 4. The molecule has 0 atom stereocenters. The highest BCUT2D eigenvalue weighted by Crippen LogP contribution is 2.40. The summed E-state index contributed by atoms with van der Waals surface area (Å²) in [5, 5.41) is 0. The van der Waals surface area contributed by atoms with Gasteiger partial charge in [-0.25, -0.2) is 0 Å². The van der Waals surface area contributed by atoms with E-state index in [1.165, 1.54) is 42.4 Å². The first-order chi connectivity index (χ1) is 13.8. The summed E-state index contributed by atoms with van der Waals surface area (Å²) in [6.07, 6.45) is 2.31. The predicted octanol–water partition coefficient (Wildman–Crippen LogP) is 6.50. The molecule has 0 radical (unpaired) electrons. The molecule has 2 aromatic rings. The molecule has 8 heteroatoms. The van der Waals surface area contributed by atoms with Crippen molar-refractivity contribution in [3.05, 3.63) is 52.6 Å². The van der Waals surface area contributed by atoms with E-state index in [0.717, 1.165) is 31.7 Å². The van der Waals surface area contributed by atoms with Crippen molar-refractivity contribution in [2.24, 2.45) is 0 Å². The van der Waals surface area contributed by atoms with Gasteiger partial charge in [0.1, 0.15) is 15.8 Å². The Bertz CT molecular complexity index is 974. The number of thiocarbonyl (C=S) groups is 1. The zero-order valence-electron chi connectivity index (χ0n) is 15.4. The highest BCUT2D eigenvalue weighted by Gasteiger charge is 2.38. The van der Waals surface area contributed by atoms with Gasteiger partial charge in [0, 0.05) is 17.7 Å². The Morgan fingerprint density at radius 2 is 1.83 bits per heavy atom. The molecule has 1 aromatic carbocycles. The summed E-state index contributed by atoms with van der Waals surface area (Å²) in [6.45, 7) is 0. The van der Waals surface area contributed by atoms with Crippen LogP contribution in [0, 0.1) is 0 Å². The molecule has 1 saturated heterocycles. The minimum Gasteiger partial charge on any atom is -0.457 e. The van der Waals surface area contributed by atoms with E-state index in [2.05, 4.69) is 0 Å². The molecule has 2 heterocycles. The lowest BCUT2D eigenvalue weighted by molar-refractivity contribution is -0.137. The average molecular weight is 438 g/mol. The van der Waals surface area contributed by atoms with Gasteiger partial charge in [-0.1, -0.05) is 61.4 Å². The summed E-state index contributed by atoms with van der Waals surface area (Å²) in [7, 11) is 0. The Morgan fingerprint density at radius 1 is 1.10 bits per heavy atom. The molecule has 2 fully saturated rings. The number of amides is 1. The second-order valence-corrected chi connectivity index (χ2v) is 8.76. The van der Waals surface area contributed by atoms with Crippen LogP contribution in [0.2, 0.25) is 0 Å². The number of alkyl halides is 3. The van der Waals surface area contributed by atoms with E-state index in [1.54, 1.807) is 17.0 Å². The number of halogens is 3. The Hall–Kier alpha value is -2.06. The molecule has 4 rings (SSSR count). The van der Waals surface area contributed by atoms with Crippen molar-refractivity contribution in [1.29, 1.82) is 0 Å². The third-order valence-corrected chi connectivity index (χ3v) is 6.49. The van der Waals surface area contributed by atoms with E-state index in [0.29, 0.717) is 15.0 Å². The molecule has 152 valence electrons. The lowest BCUT2D eigenvalue weighted by Gasteiger charge is -2.29. The first-order valence-electron chi connectivity index (χ1n) is 9.38. The number of hydrogen-bond donors (Lipinski definition) is 0. The zero-order chi connectivity index (χ0) is 20.6. The van der Waals surface area contributed by atoms with Crippen LogP contribution in [0.15, 0.2) is 45.7 Å². The van der Waals surface area contributed by atoms with Crippen molar-refractivity contribution in [1.82, 2.24) is 4.90 Å². The molecular weight excluding hydrogens is 419 g/mol. The molecule has 29 heavy (non-hydrogen) atoms. The van der Waals surface area contributed by atoms with Gasteiger partial charge < -0.3 is 4.42 Å². The second-order valence-electron chi connectivity index (χ2n) is 7.09. The zero-order valence-corrected chi connectivity index (χ0v) is 17.0. The van der Waals surface area contributed by atoms with Gasteiger partial charge in [-0.15, -0.1) is 0 Å². The Balaban J connectivity index is 1.59. The van der Waals surface area contributed by atoms with Crippen molar-refractivity contribution in [3.63, 3.8) is 0 Å². The summed E-state index contributed by atoms with van der Waals surface area (Å²) in [6, 6.07) is 8.44. The molecule has 0 spiro atoms. The van der Waals surface area contributed by atoms with Gasteiger partial charge in [0.15, 0.2) is 0 Å². The first-order valence-corrected chi connectivity index (χ1v) is 10.6. The lowest BCUT2D eigenvalue weighted by Crippen LogP contribution is -2.39. The van der Waals surface area contributed by atoms with E-state index in [-0.39, 0.29) is 23.3 Å². The maximum atomic E-state index is 13.3. The molecule has 0 unspecified atom stereocenters. The summed E-state index contributed by atoms with van der Waals surface area (Å²) < 4.78 is 45.9. The lowest BCUT2D eigenvalue weighted by atomic mass is 9.94. The van der Waals surface area contributed by atoms with Gasteiger partial charge in [0.2, 0.25) is 0 Å². The van der Waals surface area contributed by atoms with Crippen molar-refractivity contribution in [2.45, 2.75) is 44.3 Å². The van der Waals surface area contributed by atoms with Crippen LogP contribution in [0.5, 0.6) is 0 Å². The van der Waals surface area contributed by atoms with Crippen LogP contribution in [0.4, 0.5) is 13.2 Å². The fourth-order valence-electron chi connectivity index (χ4n) is 3.78. The van der Waals surface area contributed by atoms with E-state index in [9.17, 15) is 18.0 Å². The van der Waals surface area contributed by atoms with Gasteiger partial charge in [-0.2, -0.15) is 13.2 Å². The highest BCUT2D eigenvalue weighted by atomic mass is 32.2. The normalized spacial score (nSPS) is 20.1. The number of furan rings is 1. The van der Waals surface area contributed by atoms with E-state index >= 15 is 0 Å². The fourth-order valence-corrected chi connectivity index (χ4v) is 5.16. The number of nitrogens with zero attached hydrogens (tertiary/aromatic N) is 1. The third kappa shape index (κ3) is 4.14. The van der Waals surface area contributed by atoms with E-state index < -0.39 is 11.7 Å². The summed E-state index contributed by atoms with van der Waals surface area (Å²) in [5.41, 5.74) is -0.793. The van der Waals surface area contributed by atoms with Gasteiger partial charge >= 0.3 is 6.18 Å². The van der Waals surface area contributed by atoms with Crippen LogP contribution >= 0.6 is 24.0 Å². The van der Waals surface area contributed by atoms with Crippen LogP contribution in [0.25, 0.3) is 17.4 Å². The minimum atomic E-state index is -4.48. The number of thioether (sulfide) groups is 1. The maximum Gasteiger partial charge on any atom is 0.417 e. The molecule has 3 nitrogen and oxygen atoms in total. The quantitative estimate of drug-likeness (QED) is 0.405. The van der Waals surface area contributed by atoms with E-state index in [4.69, 9.17) is 16.6 Å². The number of rotatable bonds is 3. The third-order valence-electron chi connectivity index (χ3n) is 5.16. The Labute approximate surface area is 175 Å². The maximum absolute atomic E-state index is 13.3. The van der Waals surface area contributed by atoms with Gasteiger partial charge in [0.25, 0.3) is 5.91 Å². The van der Waals surface area contributed by atoms with Crippen LogP contribution < -0.4 is 0 Å². The summed E-state index contributed by atoms with van der Waals surface area (Å²) in [4.78, 5) is 15.0. The molecule has 2 aliphatic rings. The Morgan fingerprint density at radius 3 is 2.55 bits per heavy atom. The first kappa shape index (κ1) is 20.2. The van der Waals surface area contributed by atoms with E-state index in [1.807, 2.05) is 0 Å². The van der Waals surface area contributed by atoms with Crippen LogP contribution in [0.3, 0.4) is 0 Å². The standard InChI is InChI=1S/C21H18F3NO2S2/c22-21(23,24)16-9-5-4-8-15(16)17-11-10-14(27-17)12-18-19(26)25(20(28)29-18)13-6-2-1-3-7-13/h4-5,8-13H,1-3,6-7H2/b18-12-. The highest BCUT2D eigenvalue weighted by molar-refractivity contribution is 8.26. The molecule has 1 aromatic heterocycles. The number of benzene rings is 1. The molecular formula is C21H18F3NO2S2. The largest absolute Gasteiger partial charge is 0.457 e. The van der Waals surface area contributed by atoms with Crippen molar-refractivity contribution in [2.75, 3.05) is 0 Å². The molecule has 0 bridgehead atoms. The Kier molecular flexibility index (Phi) is 5.57. The minimum absolute atomic E-state index is 0.0330. The van der Waals surface area contributed by atoms with Crippen molar-refractivity contribution >= 4 is 40.3 Å². The predicted molar refractivity (Wildman–Crippen MR) is 111 cm³/mol. The average Bonchev–Trinajstić information content (AvgIpc) is 3.26. The summed E-state index contributed by atoms with van der Waals surface area (Å²) in [5.74, 6) is 0.272. The van der Waals surface area contributed by atoms with Gasteiger partial charge in [0.05, 0.1) is 10.5 Å². The van der Waals surface area contributed by atoms with Crippen molar-refractivity contribution < 1.29 is 22.4 Å². The van der Waals surface area contributed by atoms with Crippen LogP contribution in [-0.2, 0) is 11.0 Å². The SMILES string of the molecule is O=C1/C(=C/c2ccc(-c3ccccc3C(F)(F)F)o2)SC(=S)N1C1CCCCC1. The van der Waals surface area contributed by atoms with Crippen LogP contribution in [-0.4, -0.2) is 21.2 Å². The topological polar surface area (TPSA) is 33.5 Å².